The van der Waals surface area contributed by atoms with Gasteiger partial charge in [0.15, 0.2) is 0 Å². The van der Waals surface area contributed by atoms with Gasteiger partial charge in [-0.05, 0) is 45.4 Å². The fourth-order valence-electron chi connectivity index (χ4n) is 2.50. The van der Waals surface area contributed by atoms with Crippen LogP contribution < -0.4 is 5.32 Å². The molecule has 1 saturated heterocycles. The Morgan fingerprint density at radius 2 is 2.00 bits per heavy atom. The monoisotopic (exact) mass is 257 g/mol. The number of nitrogens with one attached hydrogen (secondary N) is 2. The Hall–Kier alpha value is -1.75. The van der Waals surface area contributed by atoms with E-state index in [0.717, 1.165) is 41.6 Å². The number of rotatable bonds is 2. The number of H-pyrrole nitrogens is 1. The van der Waals surface area contributed by atoms with E-state index < -0.39 is 0 Å². The Morgan fingerprint density at radius 1 is 1.11 bits per heavy atom. The van der Waals surface area contributed by atoms with E-state index in [9.17, 15) is 0 Å². The predicted octanol–water partition coefficient (Wildman–Crippen LogP) is 2.30. The Bertz CT molecular complexity index is 569. The van der Waals surface area contributed by atoms with Gasteiger partial charge in [0.2, 0.25) is 0 Å². The number of piperidine rings is 1. The summed E-state index contributed by atoms with van der Waals surface area (Å²) in [5.41, 5.74) is 3.83. The lowest BCUT2D eigenvalue weighted by Crippen LogP contribution is -2.28. The third kappa shape index (κ3) is 2.66. The molecule has 0 unspecified atom stereocenters. The SMILES string of the molecule is Cc1cc(-c2cc(C)[nH]n2)nc([C@@H]2CCCCN2)n1. The van der Waals surface area contributed by atoms with Crippen LogP contribution in [0.25, 0.3) is 11.4 Å². The topological polar surface area (TPSA) is 66.5 Å². The van der Waals surface area contributed by atoms with E-state index in [1.807, 2.05) is 26.0 Å². The minimum Gasteiger partial charge on any atom is -0.307 e. The Kier molecular flexibility index (Phi) is 3.29. The summed E-state index contributed by atoms with van der Waals surface area (Å²) < 4.78 is 0. The van der Waals surface area contributed by atoms with Crippen LogP contribution in [-0.2, 0) is 0 Å². The third-order valence-electron chi connectivity index (χ3n) is 3.46. The first-order chi connectivity index (χ1) is 9.22. The van der Waals surface area contributed by atoms with E-state index >= 15 is 0 Å². The fourth-order valence-corrected chi connectivity index (χ4v) is 2.50. The van der Waals surface area contributed by atoms with Crippen molar-refractivity contribution in [3.05, 3.63) is 29.3 Å². The summed E-state index contributed by atoms with van der Waals surface area (Å²) in [5.74, 6) is 0.898. The van der Waals surface area contributed by atoms with Crippen molar-refractivity contribution in [1.29, 1.82) is 0 Å². The van der Waals surface area contributed by atoms with Crippen molar-refractivity contribution in [2.75, 3.05) is 6.54 Å². The van der Waals surface area contributed by atoms with Gasteiger partial charge in [-0.15, -0.1) is 0 Å². The van der Waals surface area contributed by atoms with Gasteiger partial charge < -0.3 is 5.32 Å². The lowest BCUT2D eigenvalue weighted by molar-refractivity contribution is 0.397. The quantitative estimate of drug-likeness (QED) is 0.866. The Morgan fingerprint density at radius 3 is 2.68 bits per heavy atom. The summed E-state index contributed by atoms with van der Waals surface area (Å²) in [6.07, 6.45) is 3.60. The minimum atomic E-state index is 0.285. The number of nitrogens with zero attached hydrogens (tertiary/aromatic N) is 3. The molecule has 5 heteroatoms. The lowest BCUT2D eigenvalue weighted by Gasteiger charge is -2.22. The second-order valence-electron chi connectivity index (χ2n) is 5.19. The molecule has 2 aromatic heterocycles. The number of hydrogen-bond acceptors (Lipinski definition) is 4. The van der Waals surface area contributed by atoms with Crippen molar-refractivity contribution in [3.63, 3.8) is 0 Å². The predicted molar refractivity (Wildman–Crippen MR) is 73.7 cm³/mol. The van der Waals surface area contributed by atoms with Crippen molar-refractivity contribution < 1.29 is 0 Å². The van der Waals surface area contributed by atoms with Gasteiger partial charge in [-0.2, -0.15) is 5.10 Å². The molecule has 1 aliphatic rings. The molecule has 100 valence electrons. The summed E-state index contributed by atoms with van der Waals surface area (Å²) >= 11 is 0. The smallest absolute Gasteiger partial charge is 0.146 e. The summed E-state index contributed by atoms with van der Waals surface area (Å²) in [6, 6.07) is 4.29. The van der Waals surface area contributed by atoms with E-state index in [2.05, 4.69) is 25.5 Å². The Labute approximate surface area is 112 Å². The van der Waals surface area contributed by atoms with Crippen LogP contribution in [0.3, 0.4) is 0 Å². The molecule has 0 radical (unpaired) electrons. The van der Waals surface area contributed by atoms with Gasteiger partial charge in [0.1, 0.15) is 11.5 Å². The molecular weight excluding hydrogens is 238 g/mol. The van der Waals surface area contributed by atoms with Crippen LogP contribution in [0.15, 0.2) is 12.1 Å². The van der Waals surface area contributed by atoms with Crippen molar-refractivity contribution in [2.24, 2.45) is 0 Å². The van der Waals surface area contributed by atoms with Crippen LogP contribution >= 0.6 is 0 Å². The minimum absolute atomic E-state index is 0.285. The first kappa shape index (κ1) is 12.3. The summed E-state index contributed by atoms with van der Waals surface area (Å²) in [6.45, 7) is 5.06. The van der Waals surface area contributed by atoms with E-state index in [-0.39, 0.29) is 6.04 Å². The van der Waals surface area contributed by atoms with Crippen molar-refractivity contribution in [2.45, 2.75) is 39.2 Å². The summed E-state index contributed by atoms with van der Waals surface area (Å²) in [5, 5.41) is 10.7. The largest absolute Gasteiger partial charge is 0.307 e. The second-order valence-corrected chi connectivity index (χ2v) is 5.19. The summed E-state index contributed by atoms with van der Waals surface area (Å²) in [4.78, 5) is 9.26. The molecule has 1 atom stereocenters. The molecular formula is C14H19N5. The second kappa shape index (κ2) is 5.09. The average Bonchev–Trinajstić information content (AvgIpc) is 2.86. The molecule has 0 saturated carbocycles. The maximum Gasteiger partial charge on any atom is 0.146 e. The molecule has 3 rings (SSSR count). The maximum absolute atomic E-state index is 4.68. The number of aromatic nitrogens is 4. The molecule has 1 aliphatic heterocycles. The number of hydrogen-bond donors (Lipinski definition) is 2. The summed E-state index contributed by atoms with van der Waals surface area (Å²) in [7, 11) is 0. The van der Waals surface area contributed by atoms with E-state index in [4.69, 9.17) is 0 Å². The third-order valence-corrected chi connectivity index (χ3v) is 3.46. The van der Waals surface area contributed by atoms with Gasteiger partial charge in [-0.25, -0.2) is 9.97 Å². The molecule has 5 nitrogen and oxygen atoms in total. The van der Waals surface area contributed by atoms with Gasteiger partial charge in [0, 0.05) is 11.4 Å². The highest BCUT2D eigenvalue weighted by Crippen LogP contribution is 2.23. The highest BCUT2D eigenvalue weighted by atomic mass is 15.1. The highest BCUT2D eigenvalue weighted by molar-refractivity contribution is 5.54. The lowest BCUT2D eigenvalue weighted by atomic mass is 10.0. The normalized spacial score (nSPS) is 19.6. The zero-order chi connectivity index (χ0) is 13.2. The molecule has 19 heavy (non-hydrogen) atoms. The highest BCUT2D eigenvalue weighted by Gasteiger charge is 2.19. The fraction of sp³-hybridized carbons (Fsp3) is 0.500. The molecule has 1 fully saturated rings. The molecule has 0 spiro atoms. The van der Waals surface area contributed by atoms with Gasteiger partial charge in [0.25, 0.3) is 0 Å². The van der Waals surface area contributed by atoms with Crippen LogP contribution in [-0.4, -0.2) is 26.7 Å². The van der Waals surface area contributed by atoms with Gasteiger partial charge in [-0.1, -0.05) is 6.42 Å². The van der Waals surface area contributed by atoms with Crippen LogP contribution in [0.5, 0.6) is 0 Å². The molecule has 0 aliphatic carbocycles. The molecule has 2 aromatic rings. The van der Waals surface area contributed by atoms with Crippen molar-refractivity contribution in [1.82, 2.24) is 25.5 Å². The molecule has 0 aromatic carbocycles. The van der Waals surface area contributed by atoms with Gasteiger partial charge in [-0.3, -0.25) is 5.10 Å². The zero-order valence-corrected chi connectivity index (χ0v) is 11.4. The van der Waals surface area contributed by atoms with Crippen LogP contribution in [0.4, 0.5) is 0 Å². The average molecular weight is 257 g/mol. The standard InChI is InChI=1S/C14H19N5/c1-9-7-12(13-8-10(2)18-19-13)17-14(16-9)11-5-3-4-6-15-11/h7-8,11,15H,3-6H2,1-2H3,(H,18,19)/t11-/m0/s1. The first-order valence-corrected chi connectivity index (χ1v) is 6.84. The maximum atomic E-state index is 4.68. The molecule has 0 bridgehead atoms. The van der Waals surface area contributed by atoms with Crippen molar-refractivity contribution >= 4 is 0 Å². The van der Waals surface area contributed by atoms with Crippen molar-refractivity contribution in [3.8, 4) is 11.4 Å². The Balaban J connectivity index is 1.95. The molecule has 0 amide bonds. The molecule has 2 N–H and O–H groups in total. The number of aryl methyl sites for hydroxylation is 2. The van der Waals surface area contributed by atoms with E-state index in [1.165, 1.54) is 12.8 Å². The van der Waals surface area contributed by atoms with Crippen LogP contribution in [0, 0.1) is 13.8 Å². The van der Waals surface area contributed by atoms with E-state index in [0.29, 0.717) is 0 Å². The molecule has 3 heterocycles. The first-order valence-electron chi connectivity index (χ1n) is 6.84. The van der Waals surface area contributed by atoms with E-state index in [1.54, 1.807) is 0 Å². The van der Waals surface area contributed by atoms with Crippen LogP contribution in [0.2, 0.25) is 0 Å². The zero-order valence-electron chi connectivity index (χ0n) is 11.4. The van der Waals surface area contributed by atoms with Crippen LogP contribution in [0.1, 0.15) is 42.5 Å². The number of aromatic amines is 1. The van der Waals surface area contributed by atoms with Gasteiger partial charge in [0.05, 0.1) is 11.7 Å². The van der Waals surface area contributed by atoms with Gasteiger partial charge >= 0.3 is 0 Å².